The highest BCUT2D eigenvalue weighted by molar-refractivity contribution is 7.83. The van der Waals surface area contributed by atoms with E-state index in [1.807, 2.05) is 5.41 Å². The third-order valence-electron chi connectivity index (χ3n) is 1.81. The molecule has 0 unspecified atom stereocenters. The Bertz CT molecular complexity index is 110. The summed E-state index contributed by atoms with van der Waals surface area (Å²) in [7, 11) is 2.16. The van der Waals surface area contributed by atoms with E-state index in [2.05, 4.69) is 24.6 Å². The van der Waals surface area contributed by atoms with Crippen molar-refractivity contribution in [3.63, 3.8) is 0 Å². The maximum Gasteiger partial charge on any atom is 0.00160 e. The molecule has 1 heterocycles. The quantitative estimate of drug-likeness (QED) is 0.503. The molecule has 1 aliphatic heterocycles. The molecule has 1 nitrogen and oxygen atoms in total. The van der Waals surface area contributed by atoms with Gasteiger partial charge in [0.25, 0.3) is 0 Å². The summed E-state index contributed by atoms with van der Waals surface area (Å²) in [5, 5.41) is 1.95. The van der Waals surface area contributed by atoms with Crippen LogP contribution in [-0.4, -0.2) is 25.0 Å². The number of likely N-dealkylation sites (tertiary alicyclic amines) is 1. The van der Waals surface area contributed by atoms with Crippen LogP contribution in [0.5, 0.6) is 0 Å². The van der Waals surface area contributed by atoms with Crippen molar-refractivity contribution in [1.29, 1.82) is 0 Å². The van der Waals surface area contributed by atoms with Gasteiger partial charge in [0.05, 0.1) is 0 Å². The lowest BCUT2D eigenvalue weighted by atomic mass is 10.1. The van der Waals surface area contributed by atoms with Crippen molar-refractivity contribution in [2.24, 2.45) is 0 Å². The first kappa shape index (κ1) is 7.16. The fourth-order valence-corrected chi connectivity index (χ4v) is 1.29. The number of thiol groups is 1. The molecule has 1 rings (SSSR count). The summed E-state index contributed by atoms with van der Waals surface area (Å²) in [6, 6.07) is 0. The summed E-state index contributed by atoms with van der Waals surface area (Å²) >= 11 is 4.11. The standard InChI is InChI=1S/C7H13NS/c1-8-4-2-7(6-9)3-5-8/h6,9H,2-5H2,1H3. The summed E-state index contributed by atoms with van der Waals surface area (Å²) in [5.74, 6) is 0. The van der Waals surface area contributed by atoms with Gasteiger partial charge in [-0.3, -0.25) is 0 Å². The molecule has 0 aromatic rings. The van der Waals surface area contributed by atoms with Crippen LogP contribution in [-0.2, 0) is 0 Å². The Morgan fingerprint density at radius 3 is 2.44 bits per heavy atom. The highest BCUT2D eigenvalue weighted by Crippen LogP contribution is 2.14. The minimum atomic E-state index is 1.20. The van der Waals surface area contributed by atoms with Crippen LogP contribution in [0.25, 0.3) is 0 Å². The molecule has 0 aliphatic carbocycles. The van der Waals surface area contributed by atoms with Gasteiger partial charge in [-0.25, -0.2) is 0 Å². The van der Waals surface area contributed by atoms with Gasteiger partial charge in [0.15, 0.2) is 0 Å². The topological polar surface area (TPSA) is 3.24 Å². The number of rotatable bonds is 0. The van der Waals surface area contributed by atoms with Crippen molar-refractivity contribution in [3.8, 4) is 0 Å². The summed E-state index contributed by atoms with van der Waals surface area (Å²) in [4.78, 5) is 2.35. The Balaban J connectivity index is 2.35. The minimum absolute atomic E-state index is 1.20. The fraction of sp³-hybridized carbons (Fsp3) is 0.714. The lowest BCUT2D eigenvalue weighted by molar-refractivity contribution is 0.313. The molecule has 1 fully saturated rings. The van der Waals surface area contributed by atoms with Crippen molar-refractivity contribution < 1.29 is 0 Å². The Morgan fingerprint density at radius 2 is 2.00 bits per heavy atom. The summed E-state index contributed by atoms with van der Waals surface area (Å²) in [6.07, 6.45) is 2.42. The van der Waals surface area contributed by atoms with Crippen LogP contribution in [0, 0.1) is 0 Å². The van der Waals surface area contributed by atoms with E-state index < -0.39 is 0 Å². The number of piperidine rings is 1. The molecule has 0 N–H and O–H groups in total. The number of hydrogen-bond acceptors (Lipinski definition) is 2. The minimum Gasteiger partial charge on any atom is -0.306 e. The predicted octanol–water partition coefficient (Wildman–Crippen LogP) is 1.53. The van der Waals surface area contributed by atoms with E-state index in [0.29, 0.717) is 0 Å². The van der Waals surface area contributed by atoms with E-state index in [-0.39, 0.29) is 0 Å². The van der Waals surface area contributed by atoms with E-state index in [1.165, 1.54) is 31.5 Å². The van der Waals surface area contributed by atoms with Crippen LogP contribution < -0.4 is 0 Å². The first-order chi connectivity index (χ1) is 4.33. The van der Waals surface area contributed by atoms with Gasteiger partial charge < -0.3 is 4.90 Å². The molecule has 1 saturated heterocycles. The average Bonchev–Trinajstić information content (AvgIpc) is 1.90. The third-order valence-corrected chi connectivity index (χ3v) is 2.18. The molecule has 9 heavy (non-hydrogen) atoms. The van der Waals surface area contributed by atoms with Crippen LogP contribution in [0.2, 0.25) is 0 Å². The van der Waals surface area contributed by atoms with E-state index in [4.69, 9.17) is 0 Å². The molecule has 2 heteroatoms. The zero-order valence-corrected chi connectivity index (χ0v) is 6.69. The van der Waals surface area contributed by atoms with Crippen molar-refractivity contribution in [2.75, 3.05) is 20.1 Å². The van der Waals surface area contributed by atoms with Crippen LogP contribution in [0.4, 0.5) is 0 Å². The molecule has 52 valence electrons. The zero-order chi connectivity index (χ0) is 6.69. The highest BCUT2D eigenvalue weighted by Gasteiger charge is 2.07. The fourth-order valence-electron chi connectivity index (χ4n) is 1.03. The Morgan fingerprint density at radius 1 is 1.44 bits per heavy atom. The van der Waals surface area contributed by atoms with Gasteiger partial charge in [0.1, 0.15) is 0 Å². The maximum atomic E-state index is 4.11. The van der Waals surface area contributed by atoms with E-state index in [9.17, 15) is 0 Å². The lowest BCUT2D eigenvalue weighted by Crippen LogP contribution is -2.26. The second-order valence-corrected chi connectivity index (χ2v) is 2.85. The Kier molecular flexibility index (Phi) is 2.61. The molecule has 1 aliphatic rings. The molecule has 0 amide bonds. The second-order valence-electron chi connectivity index (χ2n) is 2.59. The largest absolute Gasteiger partial charge is 0.306 e. The van der Waals surface area contributed by atoms with Gasteiger partial charge >= 0.3 is 0 Å². The highest BCUT2D eigenvalue weighted by atomic mass is 32.1. The molecular weight excluding hydrogens is 130 g/mol. The van der Waals surface area contributed by atoms with Crippen molar-refractivity contribution in [1.82, 2.24) is 4.90 Å². The summed E-state index contributed by atoms with van der Waals surface area (Å²) in [6.45, 7) is 2.40. The van der Waals surface area contributed by atoms with Crippen molar-refractivity contribution >= 4 is 12.6 Å². The number of hydrogen-bond donors (Lipinski definition) is 1. The van der Waals surface area contributed by atoms with Gasteiger partial charge in [0.2, 0.25) is 0 Å². The average molecular weight is 143 g/mol. The van der Waals surface area contributed by atoms with Gasteiger partial charge in [-0.15, -0.1) is 0 Å². The third kappa shape index (κ3) is 2.03. The van der Waals surface area contributed by atoms with Crippen LogP contribution in [0.1, 0.15) is 12.8 Å². The molecular formula is C7H13NS. The molecule has 0 aromatic carbocycles. The van der Waals surface area contributed by atoms with E-state index in [1.54, 1.807) is 0 Å². The van der Waals surface area contributed by atoms with Crippen molar-refractivity contribution in [2.45, 2.75) is 12.8 Å². The first-order valence-electron chi connectivity index (χ1n) is 3.33. The lowest BCUT2D eigenvalue weighted by Gasteiger charge is -2.23. The van der Waals surface area contributed by atoms with Crippen molar-refractivity contribution in [3.05, 3.63) is 11.0 Å². The molecule has 0 atom stereocenters. The van der Waals surface area contributed by atoms with Crippen LogP contribution >= 0.6 is 12.6 Å². The smallest absolute Gasteiger partial charge is 0.00160 e. The van der Waals surface area contributed by atoms with Gasteiger partial charge in [-0.05, 0) is 25.3 Å². The van der Waals surface area contributed by atoms with Crippen LogP contribution in [0.15, 0.2) is 11.0 Å². The predicted molar refractivity (Wildman–Crippen MR) is 43.8 cm³/mol. The van der Waals surface area contributed by atoms with E-state index >= 15 is 0 Å². The summed E-state index contributed by atoms with van der Waals surface area (Å²) in [5.41, 5.74) is 1.50. The molecule has 0 radical (unpaired) electrons. The molecule has 0 bridgehead atoms. The number of nitrogens with zero attached hydrogens (tertiary/aromatic N) is 1. The van der Waals surface area contributed by atoms with Crippen LogP contribution in [0.3, 0.4) is 0 Å². The Hall–Kier alpha value is 0.0500. The normalized spacial score (nSPS) is 22.2. The Labute approximate surface area is 62.1 Å². The zero-order valence-electron chi connectivity index (χ0n) is 5.80. The SMILES string of the molecule is CN1CCC(=CS)CC1. The van der Waals surface area contributed by atoms with Gasteiger partial charge in [-0.2, -0.15) is 12.6 Å². The summed E-state index contributed by atoms with van der Waals surface area (Å²) < 4.78 is 0. The first-order valence-corrected chi connectivity index (χ1v) is 3.85. The molecule has 0 aromatic heterocycles. The molecule has 0 saturated carbocycles. The monoisotopic (exact) mass is 143 g/mol. The maximum absolute atomic E-state index is 4.11. The van der Waals surface area contributed by atoms with E-state index in [0.717, 1.165) is 0 Å². The molecule has 0 spiro atoms. The van der Waals surface area contributed by atoms with Gasteiger partial charge in [0, 0.05) is 13.1 Å². The van der Waals surface area contributed by atoms with Gasteiger partial charge in [-0.1, -0.05) is 5.57 Å². The second kappa shape index (κ2) is 3.28.